The number of ether oxygens (including phenoxy) is 3. The van der Waals surface area contributed by atoms with Gasteiger partial charge in [0.25, 0.3) is 5.91 Å². The van der Waals surface area contributed by atoms with E-state index in [1.807, 2.05) is 0 Å². The zero-order valence-electron chi connectivity index (χ0n) is 12.8. The average molecular weight is 370 g/mol. The minimum absolute atomic E-state index is 0.0434. The number of halogens is 2. The molecule has 0 heterocycles. The number of imide groups is 1. The maximum Gasteiger partial charge on any atom is 0.419 e. The van der Waals surface area contributed by atoms with E-state index in [0.29, 0.717) is 0 Å². The standard InChI is InChI=1S/C16H13Cl2NO5/c1-22-11-7-4-8-12(23-2)13(11)15(20)19-16(21)24-14-9(17)5-3-6-10(14)18/h3-8H,1-2H3,(H,19,20,21). The Morgan fingerprint density at radius 1 is 0.917 bits per heavy atom. The molecule has 1 N–H and O–H groups in total. The third-order valence-corrected chi connectivity index (χ3v) is 3.58. The van der Waals surface area contributed by atoms with Crippen molar-refractivity contribution in [1.29, 1.82) is 0 Å². The largest absolute Gasteiger partial charge is 0.496 e. The Morgan fingerprint density at radius 3 is 1.92 bits per heavy atom. The maximum absolute atomic E-state index is 12.3. The predicted octanol–water partition coefficient (Wildman–Crippen LogP) is 3.94. The monoisotopic (exact) mass is 369 g/mol. The Kier molecular flexibility index (Phi) is 5.89. The molecule has 0 aliphatic heterocycles. The molecule has 2 aromatic rings. The van der Waals surface area contributed by atoms with Gasteiger partial charge in [-0.1, -0.05) is 35.3 Å². The van der Waals surface area contributed by atoms with Crippen molar-refractivity contribution in [3.8, 4) is 17.2 Å². The van der Waals surface area contributed by atoms with Crippen LogP contribution in [0.1, 0.15) is 10.4 Å². The molecule has 0 fully saturated rings. The molecule has 0 saturated carbocycles. The highest BCUT2D eigenvalue weighted by Crippen LogP contribution is 2.32. The predicted molar refractivity (Wildman–Crippen MR) is 89.5 cm³/mol. The Labute approximate surface area is 148 Å². The summed E-state index contributed by atoms with van der Waals surface area (Å²) in [4.78, 5) is 24.3. The minimum Gasteiger partial charge on any atom is -0.496 e. The first-order valence-corrected chi connectivity index (χ1v) is 7.41. The molecular formula is C16H13Cl2NO5. The van der Waals surface area contributed by atoms with Gasteiger partial charge in [-0.05, 0) is 24.3 Å². The molecule has 126 valence electrons. The molecule has 0 unspecified atom stereocenters. The van der Waals surface area contributed by atoms with Crippen LogP contribution in [0.2, 0.25) is 10.0 Å². The molecule has 0 radical (unpaired) electrons. The molecule has 8 heteroatoms. The fourth-order valence-electron chi connectivity index (χ4n) is 1.93. The Balaban J connectivity index is 2.20. The first-order valence-electron chi connectivity index (χ1n) is 6.66. The van der Waals surface area contributed by atoms with Crippen molar-refractivity contribution in [1.82, 2.24) is 5.32 Å². The Hall–Kier alpha value is -2.44. The lowest BCUT2D eigenvalue weighted by molar-refractivity contribution is 0.0945. The van der Waals surface area contributed by atoms with Crippen LogP contribution in [0, 0.1) is 0 Å². The number of amides is 2. The third-order valence-electron chi connectivity index (χ3n) is 2.98. The third kappa shape index (κ3) is 3.90. The number of benzene rings is 2. The van der Waals surface area contributed by atoms with Gasteiger partial charge in [0.2, 0.25) is 0 Å². The summed E-state index contributed by atoms with van der Waals surface area (Å²) >= 11 is 11.8. The quantitative estimate of drug-likeness (QED) is 0.883. The van der Waals surface area contributed by atoms with Crippen LogP contribution in [0.5, 0.6) is 17.2 Å². The average Bonchev–Trinajstić information content (AvgIpc) is 2.57. The smallest absolute Gasteiger partial charge is 0.419 e. The number of para-hydroxylation sites is 1. The summed E-state index contributed by atoms with van der Waals surface area (Å²) in [6, 6.07) is 9.38. The second-order valence-corrected chi connectivity index (χ2v) is 5.25. The summed E-state index contributed by atoms with van der Waals surface area (Å²) in [5.41, 5.74) is 0.0599. The summed E-state index contributed by atoms with van der Waals surface area (Å²) in [6.07, 6.45) is -1.04. The Bertz CT molecular complexity index is 737. The molecule has 0 atom stereocenters. The molecule has 2 amide bonds. The highest BCUT2D eigenvalue weighted by Gasteiger charge is 2.22. The lowest BCUT2D eigenvalue weighted by Crippen LogP contribution is -2.33. The maximum atomic E-state index is 12.3. The van der Waals surface area contributed by atoms with E-state index < -0.39 is 12.0 Å². The van der Waals surface area contributed by atoms with Crippen LogP contribution >= 0.6 is 23.2 Å². The summed E-state index contributed by atoms with van der Waals surface area (Å²) in [5.74, 6) is -0.304. The van der Waals surface area contributed by atoms with E-state index in [1.54, 1.807) is 24.3 Å². The molecule has 24 heavy (non-hydrogen) atoms. The highest BCUT2D eigenvalue weighted by atomic mass is 35.5. The number of carbonyl (C=O) groups is 2. The molecular weight excluding hydrogens is 357 g/mol. The van der Waals surface area contributed by atoms with Crippen LogP contribution in [0.15, 0.2) is 36.4 Å². The SMILES string of the molecule is COc1cccc(OC)c1C(=O)NC(=O)Oc1c(Cl)cccc1Cl. The van der Waals surface area contributed by atoms with Gasteiger partial charge in [0.15, 0.2) is 5.75 Å². The summed E-state index contributed by atoms with van der Waals surface area (Å²) < 4.78 is 15.2. The van der Waals surface area contributed by atoms with E-state index in [4.69, 9.17) is 37.4 Å². The van der Waals surface area contributed by atoms with Crippen LogP contribution < -0.4 is 19.5 Å². The van der Waals surface area contributed by atoms with Crippen LogP contribution in [0.3, 0.4) is 0 Å². The number of methoxy groups -OCH3 is 2. The van der Waals surface area contributed by atoms with Gasteiger partial charge in [-0.15, -0.1) is 0 Å². The fourth-order valence-corrected chi connectivity index (χ4v) is 2.40. The van der Waals surface area contributed by atoms with E-state index >= 15 is 0 Å². The molecule has 0 bridgehead atoms. The molecule has 0 aromatic heterocycles. The molecule has 0 spiro atoms. The number of carbonyl (C=O) groups excluding carboxylic acids is 2. The first kappa shape index (κ1) is 17.9. The van der Waals surface area contributed by atoms with Crippen molar-refractivity contribution < 1.29 is 23.8 Å². The van der Waals surface area contributed by atoms with Crippen molar-refractivity contribution in [2.24, 2.45) is 0 Å². The number of rotatable bonds is 4. The van der Waals surface area contributed by atoms with E-state index in [0.717, 1.165) is 0 Å². The van der Waals surface area contributed by atoms with Gasteiger partial charge in [0, 0.05) is 0 Å². The first-order chi connectivity index (χ1) is 11.5. The van der Waals surface area contributed by atoms with E-state index in [-0.39, 0.29) is 32.9 Å². The summed E-state index contributed by atoms with van der Waals surface area (Å²) in [6.45, 7) is 0. The van der Waals surface area contributed by atoms with Crippen molar-refractivity contribution >= 4 is 35.2 Å². The zero-order valence-corrected chi connectivity index (χ0v) is 14.3. The highest BCUT2D eigenvalue weighted by molar-refractivity contribution is 6.37. The molecule has 2 rings (SSSR count). The van der Waals surface area contributed by atoms with Crippen LogP contribution in [0.25, 0.3) is 0 Å². The molecule has 0 saturated heterocycles. The molecule has 6 nitrogen and oxygen atoms in total. The zero-order chi connectivity index (χ0) is 17.7. The molecule has 0 aliphatic rings. The molecule has 0 aliphatic carbocycles. The number of nitrogens with one attached hydrogen (secondary N) is 1. The van der Waals surface area contributed by atoms with Crippen molar-refractivity contribution in [2.45, 2.75) is 0 Å². The summed E-state index contributed by atoms with van der Waals surface area (Å²) in [5, 5.41) is 2.35. The van der Waals surface area contributed by atoms with Crippen LogP contribution in [0.4, 0.5) is 4.79 Å². The second kappa shape index (κ2) is 7.90. The second-order valence-electron chi connectivity index (χ2n) is 4.43. The van der Waals surface area contributed by atoms with Crippen LogP contribution in [-0.2, 0) is 0 Å². The van der Waals surface area contributed by atoms with Gasteiger partial charge in [-0.2, -0.15) is 0 Å². The van der Waals surface area contributed by atoms with Gasteiger partial charge in [-0.3, -0.25) is 10.1 Å². The van der Waals surface area contributed by atoms with Crippen molar-refractivity contribution in [2.75, 3.05) is 14.2 Å². The normalized spacial score (nSPS) is 10.0. The number of hydrogen-bond donors (Lipinski definition) is 1. The van der Waals surface area contributed by atoms with Gasteiger partial charge < -0.3 is 14.2 Å². The fraction of sp³-hybridized carbons (Fsp3) is 0.125. The van der Waals surface area contributed by atoms with Gasteiger partial charge in [-0.25, -0.2) is 4.79 Å². The lowest BCUT2D eigenvalue weighted by Gasteiger charge is -2.13. The molecule has 2 aromatic carbocycles. The number of hydrogen-bond acceptors (Lipinski definition) is 5. The van der Waals surface area contributed by atoms with E-state index in [1.165, 1.54) is 26.4 Å². The van der Waals surface area contributed by atoms with E-state index in [9.17, 15) is 9.59 Å². The Morgan fingerprint density at radius 2 is 1.42 bits per heavy atom. The van der Waals surface area contributed by atoms with Crippen LogP contribution in [-0.4, -0.2) is 26.2 Å². The van der Waals surface area contributed by atoms with Gasteiger partial charge >= 0.3 is 6.09 Å². The van der Waals surface area contributed by atoms with Gasteiger partial charge in [0.1, 0.15) is 17.1 Å². The summed E-state index contributed by atoms with van der Waals surface area (Å²) in [7, 11) is 2.79. The minimum atomic E-state index is -1.04. The lowest BCUT2D eigenvalue weighted by atomic mass is 10.1. The van der Waals surface area contributed by atoms with Gasteiger partial charge in [0.05, 0.1) is 24.3 Å². The van der Waals surface area contributed by atoms with Crippen molar-refractivity contribution in [3.63, 3.8) is 0 Å². The topological polar surface area (TPSA) is 73.9 Å². The van der Waals surface area contributed by atoms with E-state index in [2.05, 4.69) is 5.32 Å². The van der Waals surface area contributed by atoms with Crippen molar-refractivity contribution in [3.05, 3.63) is 52.0 Å².